The van der Waals surface area contributed by atoms with Crippen LogP contribution in [-0.4, -0.2) is 16.3 Å². The summed E-state index contributed by atoms with van der Waals surface area (Å²) in [4.78, 5) is 0. The maximum Gasteiger partial charge on any atom is 0.0834 e. The molecule has 0 radical (unpaired) electrons. The highest BCUT2D eigenvalue weighted by Gasteiger charge is 2.25. The molecule has 1 unspecified atom stereocenters. The molecule has 21 heavy (non-hydrogen) atoms. The molecule has 1 heterocycles. The lowest BCUT2D eigenvalue weighted by Crippen LogP contribution is -2.28. The van der Waals surface area contributed by atoms with Crippen molar-refractivity contribution in [2.24, 2.45) is 5.92 Å². The molecule has 1 aromatic heterocycles. The predicted molar refractivity (Wildman–Crippen MR) is 89.8 cm³/mol. The number of nitrogens with one attached hydrogen (secondary N) is 1. The van der Waals surface area contributed by atoms with E-state index in [2.05, 4.69) is 35.9 Å². The SMILES string of the molecule is CCCNC(CC1CCCCC1)c1c(Cl)cnn1C(C)C. The van der Waals surface area contributed by atoms with Gasteiger partial charge in [0.05, 0.1) is 23.0 Å². The Balaban J connectivity index is 2.16. The first-order valence-electron chi connectivity index (χ1n) is 8.59. The fourth-order valence-corrected chi connectivity index (χ4v) is 3.72. The van der Waals surface area contributed by atoms with Crippen LogP contribution in [0.1, 0.15) is 83.5 Å². The van der Waals surface area contributed by atoms with Crippen LogP contribution in [0.25, 0.3) is 0 Å². The van der Waals surface area contributed by atoms with Crippen molar-refractivity contribution in [2.45, 2.75) is 77.8 Å². The number of halogens is 1. The molecule has 4 heteroatoms. The van der Waals surface area contributed by atoms with Crippen molar-refractivity contribution < 1.29 is 0 Å². The average molecular weight is 312 g/mol. The molecule has 1 aliphatic rings. The molecule has 1 aliphatic carbocycles. The third kappa shape index (κ3) is 4.46. The first-order chi connectivity index (χ1) is 10.1. The zero-order valence-electron chi connectivity index (χ0n) is 13.7. The summed E-state index contributed by atoms with van der Waals surface area (Å²) in [6.45, 7) is 7.59. The Bertz CT molecular complexity index is 422. The van der Waals surface area contributed by atoms with E-state index in [1.807, 2.05) is 0 Å². The molecule has 0 saturated heterocycles. The molecule has 2 rings (SSSR count). The van der Waals surface area contributed by atoms with Gasteiger partial charge in [-0.15, -0.1) is 0 Å². The summed E-state index contributed by atoms with van der Waals surface area (Å²) >= 11 is 6.46. The standard InChI is InChI=1S/C17H30ClN3/c1-4-10-19-16(11-14-8-6-5-7-9-14)17-15(18)12-20-21(17)13(2)3/h12-14,16,19H,4-11H2,1-3H3. The topological polar surface area (TPSA) is 29.9 Å². The third-order valence-electron chi connectivity index (χ3n) is 4.54. The van der Waals surface area contributed by atoms with Crippen LogP contribution >= 0.6 is 11.6 Å². The summed E-state index contributed by atoms with van der Waals surface area (Å²) in [5, 5.41) is 9.01. The maximum atomic E-state index is 6.46. The van der Waals surface area contributed by atoms with Crippen LogP contribution in [0.5, 0.6) is 0 Å². The van der Waals surface area contributed by atoms with Crippen molar-refractivity contribution in [1.82, 2.24) is 15.1 Å². The lowest BCUT2D eigenvalue weighted by Gasteiger charge is -2.28. The minimum absolute atomic E-state index is 0.338. The zero-order valence-corrected chi connectivity index (χ0v) is 14.5. The van der Waals surface area contributed by atoms with Crippen LogP contribution in [0.2, 0.25) is 5.02 Å². The molecule has 3 nitrogen and oxygen atoms in total. The van der Waals surface area contributed by atoms with Crippen LogP contribution in [0.3, 0.4) is 0 Å². The van der Waals surface area contributed by atoms with Crippen LogP contribution in [0.4, 0.5) is 0 Å². The Hall–Kier alpha value is -0.540. The Morgan fingerprint density at radius 1 is 1.33 bits per heavy atom. The summed E-state index contributed by atoms with van der Waals surface area (Å²) in [5.41, 5.74) is 1.19. The maximum absolute atomic E-state index is 6.46. The van der Waals surface area contributed by atoms with E-state index in [0.717, 1.165) is 23.9 Å². The molecular formula is C17H30ClN3. The number of rotatable bonds is 7. The Labute approximate surface area is 134 Å². The quantitative estimate of drug-likeness (QED) is 0.756. The first-order valence-corrected chi connectivity index (χ1v) is 8.97. The van der Waals surface area contributed by atoms with E-state index in [4.69, 9.17) is 11.6 Å². The summed E-state index contributed by atoms with van der Waals surface area (Å²) < 4.78 is 2.10. The van der Waals surface area contributed by atoms with E-state index in [-0.39, 0.29) is 0 Å². The number of nitrogens with zero attached hydrogens (tertiary/aromatic N) is 2. The van der Waals surface area contributed by atoms with Gasteiger partial charge in [0.15, 0.2) is 0 Å². The van der Waals surface area contributed by atoms with Gasteiger partial charge in [-0.2, -0.15) is 5.10 Å². The van der Waals surface area contributed by atoms with Crippen molar-refractivity contribution in [3.8, 4) is 0 Å². The zero-order chi connectivity index (χ0) is 15.2. The monoisotopic (exact) mass is 311 g/mol. The average Bonchev–Trinajstić information content (AvgIpc) is 2.86. The van der Waals surface area contributed by atoms with Gasteiger partial charge < -0.3 is 5.32 Å². The van der Waals surface area contributed by atoms with Crippen molar-refractivity contribution in [1.29, 1.82) is 0 Å². The molecule has 0 aliphatic heterocycles. The summed E-state index contributed by atoms with van der Waals surface area (Å²) in [6, 6.07) is 0.690. The predicted octanol–water partition coefficient (Wildman–Crippen LogP) is 5.13. The molecule has 0 bridgehead atoms. The second-order valence-corrected chi connectivity index (χ2v) is 7.07. The number of hydrogen-bond acceptors (Lipinski definition) is 2. The third-order valence-corrected chi connectivity index (χ3v) is 4.83. The minimum Gasteiger partial charge on any atom is -0.309 e. The van der Waals surface area contributed by atoms with Gasteiger partial charge in [0.1, 0.15) is 0 Å². The van der Waals surface area contributed by atoms with Gasteiger partial charge in [-0.3, -0.25) is 4.68 Å². The Morgan fingerprint density at radius 2 is 2.05 bits per heavy atom. The largest absolute Gasteiger partial charge is 0.309 e. The highest BCUT2D eigenvalue weighted by Crippen LogP contribution is 2.35. The van der Waals surface area contributed by atoms with Crippen LogP contribution in [0, 0.1) is 5.92 Å². The molecule has 120 valence electrons. The van der Waals surface area contributed by atoms with Gasteiger partial charge in [0.25, 0.3) is 0 Å². The van der Waals surface area contributed by atoms with Crippen molar-refractivity contribution >= 4 is 11.6 Å². The molecule has 1 N–H and O–H groups in total. The molecule has 1 fully saturated rings. The second kappa shape index (κ2) is 8.19. The van der Waals surface area contributed by atoms with E-state index in [9.17, 15) is 0 Å². The number of aromatic nitrogens is 2. The fourth-order valence-electron chi connectivity index (χ4n) is 3.45. The highest BCUT2D eigenvalue weighted by atomic mass is 35.5. The van der Waals surface area contributed by atoms with E-state index in [1.165, 1.54) is 44.2 Å². The molecular weight excluding hydrogens is 282 g/mol. The molecule has 1 atom stereocenters. The van der Waals surface area contributed by atoms with Gasteiger partial charge in [-0.05, 0) is 39.2 Å². The summed E-state index contributed by atoms with van der Waals surface area (Å²) in [5.74, 6) is 0.833. The molecule has 0 aromatic carbocycles. The van der Waals surface area contributed by atoms with E-state index in [1.54, 1.807) is 6.20 Å². The van der Waals surface area contributed by atoms with E-state index in [0.29, 0.717) is 12.1 Å². The van der Waals surface area contributed by atoms with Crippen LogP contribution in [0.15, 0.2) is 6.20 Å². The van der Waals surface area contributed by atoms with Gasteiger partial charge >= 0.3 is 0 Å². The van der Waals surface area contributed by atoms with E-state index < -0.39 is 0 Å². The first kappa shape index (κ1) is 16.8. The van der Waals surface area contributed by atoms with Crippen molar-refractivity contribution in [2.75, 3.05) is 6.54 Å². The normalized spacial score (nSPS) is 18.3. The van der Waals surface area contributed by atoms with Gasteiger partial charge in [-0.25, -0.2) is 0 Å². The van der Waals surface area contributed by atoms with Crippen LogP contribution in [-0.2, 0) is 0 Å². The van der Waals surface area contributed by atoms with Crippen molar-refractivity contribution in [3.05, 3.63) is 16.9 Å². The van der Waals surface area contributed by atoms with Crippen LogP contribution < -0.4 is 5.32 Å². The van der Waals surface area contributed by atoms with Gasteiger partial charge in [0, 0.05) is 6.04 Å². The highest BCUT2D eigenvalue weighted by molar-refractivity contribution is 6.31. The summed E-state index contributed by atoms with van der Waals surface area (Å²) in [6.07, 6.45) is 11.1. The number of hydrogen-bond donors (Lipinski definition) is 1. The molecule has 1 aromatic rings. The second-order valence-electron chi connectivity index (χ2n) is 6.66. The molecule has 0 amide bonds. The summed E-state index contributed by atoms with van der Waals surface area (Å²) in [7, 11) is 0. The van der Waals surface area contributed by atoms with Gasteiger partial charge in [0.2, 0.25) is 0 Å². The smallest absolute Gasteiger partial charge is 0.0834 e. The van der Waals surface area contributed by atoms with E-state index >= 15 is 0 Å². The molecule has 0 spiro atoms. The molecule has 1 saturated carbocycles. The minimum atomic E-state index is 0.338. The Morgan fingerprint density at radius 3 is 2.67 bits per heavy atom. The Kier molecular flexibility index (Phi) is 6.56. The fraction of sp³-hybridized carbons (Fsp3) is 0.824. The van der Waals surface area contributed by atoms with Gasteiger partial charge in [-0.1, -0.05) is 50.6 Å². The lowest BCUT2D eigenvalue weighted by atomic mass is 9.84. The lowest BCUT2D eigenvalue weighted by molar-refractivity contribution is 0.290. The van der Waals surface area contributed by atoms with Crippen molar-refractivity contribution in [3.63, 3.8) is 0 Å².